The number of rotatable bonds is 5. The number of nitrogens with zero attached hydrogens (tertiary/aromatic N) is 6. The van der Waals surface area contributed by atoms with Crippen LogP contribution in [-0.4, -0.2) is 49.9 Å². The molecule has 4 aromatic heterocycles. The molecule has 0 saturated carbocycles. The van der Waals surface area contributed by atoms with Gasteiger partial charge in [0.15, 0.2) is 0 Å². The predicted molar refractivity (Wildman–Crippen MR) is 142 cm³/mol. The number of halogens is 1. The minimum atomic E-state index is 0.0846. The second-order valence-electron chi connectivity index (χ2n) is 9.25. The molecule has 1 aliphatic rings. The minimum Gasteiger partial charge on any atom is -0.480 e. The average Bonchev–Trinajstić information content (AvgIpc) is 3.43. The molecule has 5 heterocycles. The van der Waals surface area contributed by atoms with Crippen LogP contribution >= 0.6 is 15.9 Å². The lowest BCUT2D eigenvalue weighted by Gasteiger charge is -2.33. The molecule has 1 aliphatic heterocycles. The van der Waals surface area contributed by atoms with Crippen molar-refractivity contribution in [2.75, 3.05) is 20.3 Å². The molecule has 0 bridgehead atoms. The lowest BCUT2D eigenvalue weighted by molar-refractivity contribution is 0.0552. The molecule has 0 spiro atoms. The number of fused-ring (bicyclic) bond motifs is 3. The highest BCUT2D eigenvalue weighted by Gasteiger charge is 2.32. The Balaban J connectivity index is 1.72. The molecule has 8 nitrogen and oxygen atoms in total. The van der Waals surface area contributed by atoms with E-state index in [0.717, 1.165) is 69.4 Å². The lowest BCUT2D eigenvalue weighted by atomic mass is 9.86. The number of methoxy groups -OCH3 is 1. The summed E-state index contributed by atoms with van der Waals surface area (Å²) in [7, 11) is 3.57. The third-order valence-corrected chi connectivity index (χ3v) is 7.75. The molecule has 0 N–H and O–H groups in total. The summed E-state index contributed by atoms with van der Waals surface area (Å²) in [5.41, 5.74) is 6.96. The number of hydrogen-bond acceptors (Lipinski definition) is 6. The minimum absolute atomic E-state index is 0.0846. The number of benzene rings is 1. The van der Waals surface area contributed by atoms with Crippen molar-refractivity contribution in [1.82, 2.24) is 29.5 Å². The molecule has 6 rings (SSSR count). The molecule has 36 heavy (non-hydrogen) atoms. The van der Waals surface area contributed by atoms with Gasteiger partial charge in [-0.15, -0.1) is 5.10 Å². The second-order valence-corrected chi connectivity index (χ2v) is 10.1. The predicted octanol–water partition coefficient (Wildman–Crippen LogP) is 5.48. The van der Waals surface area contributed by atoms with Crippen LogP contribution in [0.3, 0.4) is 0 Å². The van der Waals surface area contributed by atoms with Gasteiger partial charge in [-0.2, -0.15) is 0 Å². The van der Waals surface area contributed by atoms with E-state index in [2.05, 4.69) is 72.2 Å². The molecular weight excluding hydrogens is 520 g/mol. The summed E-state index contributed by atoms with van der Waals surface area (Å²) >= 11 is 3.82. The first kappa shape index (κ1) is 23.1. The van der Waals surface area contributed by atoms with Gasteiger partial charge in [0, 0.05) is 38.2 Å². The van der Waals surface area contributed by atoms with E-state index in [1.807, 2.05) is 26.4 Å². The molecule has 5 aromatic rings. The van der Waals surface area contributed by atoms with Crippen molar-refractivity contribution >= 4 is 37.9 Å². The van der Waals surface area contributed by atoms with Crippen molar-refractivity contribution < 1.29 is 9.47 Å². The van der Waals surface area contributed by atoms with Gasteiger partial charge in [0.25, 0.3) is 0 Å². The van der Waals surface area contributed by atoms with E-state index in [-0.39, 0.29) is 6.04 Å². The van der Waals surface area contributed by atoms with Crippen LogP contribution in [0.5, 0.6) is 5.88 Å². The Kier molecular flexibility index (Phi) is 5.97. The Hall–Kier alpha value is -3.30. The number of hydrogen-bond donors (Lipinski definition) is 0. The fourth-order valence-corrected chi connectivity index (χ4v) is 6.10. The maximum absolute atomic E-state index is 5.76. The summed E-state index contributed by atoms with van der Waals surface area (Å²) in [5, 5.41) is 9.38. The summed E-state index contributed by atoms with van der Waals surface area (Å²) in [6.07, 6.45) is 5.68. The SMILES string of the molecule is COc1ncc(Br)c2c1c1ncc(-c3c(C)nnn3C)cc1n2[C@H](c1ccccc1)C1CCOCC1. The summed E-state index contributed by atoms with van der Waals surface area (Å²) in [4.78, 5) is 9.55. The van der Waals surface area contributed by atoms with Crippen molar-refractivity contribution in [1.29, 1.82) is 0 Å². The zero-order valence-electron chi connectivity index (χ0n) is 20.5. The van der Waals surface area contributed by atoms with Crippen LogP contribution < -0.4 is 4.74 Å². The Morgan fingerprint density at radius 3 is 2.58 bits per heavy atom. The highest BCUT2D eigenvalue weighted by atomic mass is 79.9. The van der Waals surface area contributed by atoms with Crippen LogP contribution in [0.2, 0.25) is 0 Å². The first-order valence-electron chi connectivity index (χ1n) is 12.1. The van der Waals surface area contributed by atoms with Crippen molar-refractivity contribution in [3.63, 3.8) is 0 Å². The smallest absolute Gasteiger partial charge is 0.224 e. The first-order valence-corrected chi connectivity index (χ1v) is 12.9. The van der Waals surface area contributed by atoms with E-state index in [1.54, 1.807) is 11.8 Å². The van der Waals surface area contributed by atoms with Gasteiger partial charge in [-0.3, -0.25) is 4.98 Å². The van der Waals surface area contributed by atoms with E-state index in [4.69, 9.17) is 14.5 Å². The van der Waals surface area contributed by atoms with Crippen molar-refractivity contribution in [2.45, 2.75) is 25.8 Å². The number of pyridine rings is 2. The van der Waals surface area contributed by atoms with Gasteiger partial charge >= 0.3 is 0 Å². The highest BCUT2D eigenvalue weighted by molar-refractivity contribution is 9.10. The van der Waals surface area contributed by atoms with Gasteiger partial charge in [0.2, 0.25) is 5.88 Å². The first-order chi connectivity index (χ1) is 17.6. The largest absolute Gasteiger partial charge is 0.480 e. The van der Waals surface area contributed by atoms with Gasteiger partial charge in [-0.25, -0.2) is 9.67 Å². The molecule has 0 unspecified atom stereocenters. The van der Waals surface area contributed by atoms with Crippen LogP contribution in [0.4, 0.5) is 0 Å². The summed E-state index contributed by atoms with van der Waals surface area (Å²) in [5.74, 6) is 0.962. The van der Waals surface area contributed by atoms with E-state index >= 15 is 0 Å². The quantitative estimate of drug-likeness (QED) is 0.290. The van der Waals surface area contributed by atoms with Gasteiger partial charge in [0.1, 0.15) is 5.52 Å². The van der Waals surface area contributed by atoms with Gasteiger partial charge < -0.3 is 14.0 Å². The Bertz CT molecular complexity index is 1540. The topological polar surface area (TPSA) is 79.9 Å². The fourth-order valence-electron chi connectivity index (χ4n) is 5.60. The van der Waals surface area contributed by atoms with E-state index < -0.39 is 0 Å². The lowest BCUT2D eigenvalue weighted by Crippen LogP contribution is -2.27. The Morgan fingerprint density at radius 1 is 1.11 bits per heavy atom. The molecule has 0 radical (unpaired) electrons. The molecular formula is C27H27BrN6O2. The van der Waals surface area contributed by atoms with Crippen LogP contribution in [-0.2, 0) is 11.8 Å². The monoisotopic (exact) mass is 546 g/mol. The molecule has 1 aromatic carbocycles. The molecule has 1 atom stereocenters. The molecule has 0 amide bonds. The molecule has 1 fully saturated rings. The summed E-state index contributed by atoms with van der Waals surface area (Å²) in [6.45, 7) is 3.50. The van der Waals surface area contributed by atoms with E-state index in [9.17, 15) is 0 Å². The molecule has 1 saturated heterocycles. The summed E-state index contributed by atoms with van der Waals surface area (Å²) < 4.78 is 16.6. The number of ether oxygens (including phenoxy) is 2. The fraction of sp³-hybridized carbons (Fsp3) is 0.333. The van der Waals surface area contributed by atoms with Crippen LogP contribution in [0, 0.1) is 12.8 Å². The molecule has 9 heteroatoms. The van der Waals surface area contributed by atoms with E-state index in [1.165, 1.54) is 5.56 Å². The van der Waals surface area contributed by atoms with Crippen molar-refractivity contribution in [2.24, 2.45) is 13.0 Å². The van der Waals surface area contributed by atoms with E-state index in [0.29, 0.717) is 11.8 Å². The maximum atomic E-state index is 5.76. The Labute approximate surface area is 217 Å². The van der Waals surface area contributed by atoms with Crippen LogP contribution in [0.1, 0.15) is 30.1 Å². The third kappa shape index (κ3) is 3.69. The van der Waals surface area contributed by atoms with Gasteiger partial charge in [-0.1, -0.05) is 35.5 Å². The third-order valence-electron chi connectivity index (χ3n) is 7.17. The normalized spacial score (nSPS) is 15.6. The number of aryl methyl sites for hydroxylation is 2. The zero-order valence-corrected chi connectivity index (χ0v) is 22.1. The number of aromatic nitrogens is 6. The van der Waals surface area contributed by atoms with Crippen molar-refractivity contribution in [3.05, 3.63) is 64.5 Å². The molecule has 184 valence electrons. The van der Waals surface area contributed by atoms with Crippen LogP contribution in [0.25, 0.3) is 33.2 Å². The standard InChI is InChI=1S/C27H27BrN6O2/c1-16-24(33(2)32-31-16)19-13-21-23(29-14-19)22-26(20(28)15-30-27(22)35-3)34(21)25(17-7-5-4-6-8-17)18-9-11-36-12-10-18/h4-8,13-15,18,25H,9-12H2,1-3H3/t25-/m1/s1. The van der Waals surface area contributed by atoms with Crippen molar-refractivity contribution in [3.8, 4) is 17.1 Å². The summed E-state index contributed by atoms with van der Waals surface area (Å²) in [6, 6.07) is 13.0. The average molecular weight is 547 g/mol. The second kappa shape index (κ2) is 9.29. The maximum Gasteiger partial charge on any atom is 0.224 e. The Morgan fingerprint density at radius 2 is 1.89 bits per heavy atom. The van der Waals surface area contributed by atoms with Gasteiger partial charge in [0.05, 0.1) is 45.4 Å². The molecule has 0 aliphatic carbocycles. The van der Waals surface area contributed by atoms with Crippen LogP contribution in [0.15, 0.2) is 53.3 Å². The van der Waals surface area contributed by atoms with Gasteiger partial charge in [-0.05, 0) is 53.2 Å². The zero-order chi connectivity index (χ0) is 24.8. The highest BCUT2D eigenvalue weighted by Crippen LogP contribution is 2.45.